The van der Waals surface area contributed by atoms with Gasteiger partial charge >= 0.3 is 0 Å². The van der Waals surface area contributed by atoms with Crippen molar-refractivity contribution in [3.63, 3.8) is 0 Å². The molecule has 0 aliphatic carbocycles. The van der Waals surface area contributed by atoms with E-state index in [0.717, 1.165) is 16.8 Å². The van der Waals surface area contributed by atoms with Crippen molar-refractivity contribution in [1.29, 1.82) is 0 Å². The van der Waals surface area contributed by atoms with E-state index in [1.807, 2.05) is 50.2 Å². The standard InChI is InChI=1S/C23H18ClFN2OS/c1-14-10-11-21(15(2)12-14)27-22(28)16-6-3-4-9-20(16)26-23(27)29-13-17-18(24)7-5-8-19(17)25/h3-12H,13H2,1-2H3. The zero-order valence-corrected chi connectivity index (χ0v) is 17.5. The van der Waals surface area contributed by atoms with Gasteiger partial charge in [0.15, 0.2) is 5.16 Å². The summed E-state index contributed by atoms with van der Waals surface area (Å²) in [5.41, 5.74) is 3.70. The zero-order chi connectivity index (χ0) is 20.5. The van der Waals surface area contributed by atoms with Crippen molar-refractivity contribution in [2.24, 2.45) is 0 Å². The smallest absolute Gasteiger partial charge is 0.266 e. The summed E-state index contributed by atoms with van der Waals surface area (Å²) in [7, 11) is 0. The highest BCUT2D eigenvalue weighted by Gasteiger charge is 2.16. The van der Waals surface area contributed by atoms with Gasteiger partial charge < -0.3 is 0 Å². The van der Waals surface area contributed by atoms with Gasteiger partial charge in [0.2, 0.25) is 0 Å². The van der Waals surface area contributed by atoms with Crippen LogP contribution >= 0.6 is 23.4 Å². The molecule has 0 aliphatic rings. The van der Waals surface area contributed by atoms with Crippen molar-refractivity contribution >= 4 is 34.3 Å². The van der Waals surface area contributed by atoms with Crippen LogP contribution in [-0.2, 0) is 5.75 Å². The fourth-order valence-electron chi connectivity index (χ4n) is 3.28. The monoisotopic (exact) mass is 424 g/mol. The summed E-state index contributed by atoms with van der Waals surface area (Å²) in [4.78, 5) is 18.1. The number of fused-ring (bicyclic) bond motifs is 1. The van der Waals surface area contributed by atoms with Gasteiger partial charge in [0.25, 0.3) is 5.56 Å². The molecule has 1 heterocycles. The first-order valence-electron chi connectivity index (χ1n) is 9.11. The first kappa shape index (κ1) is 19.7. The molecule has 0 saturated carbocycles. The van der Waals surface area contributed by atoms with Gasteiger partial charge in [0.05, 0.1) is 16.6 Å². The van der Waals surface area contributed by atoms with Crippen LogP contribution < -0.4 is 5.56 Å². The summed E-state index contributed by atoms with van der Waals surface area (Å²) in [5.74, 6) is -0.104. The molecule has 0 atom stereocenters. The number of halogens is 2. The highest BCUT2D eigenvalue weighted by Crippen LogP contribution is 2.30. The normalized spacial score (nSPS) is 11.2. The number of hydrogen-bond donors (Lipinski definition) is 0. The Labute approximate surface area is 177 Å². The van der Waals surface area contributed by atoms with Crippen molar-refractivity contribution < 1.29 is 4.39 Å². The van der Waals surface area contributed by atoms with E-state index >= 15 is 0 Å². The molecule has 0 bridgehead atoms. The second-order valence-electron chi connectivity index (χ2n) is 6.83. The topological polar surface area (TPSA) is 34.9 Å². The molecule has 6 heteroatoms. The average Bonchev–Trinajstić information content (AvgIpc) is 2.69. The number of rotatable bonds is 4. The molecule has 0 fully saturated rings. The van der Waals surface area contributed by atoms with Crippen molar-refractivity contribution in [2.75, 3.05) is 0 Å². The average molecular weight is 425 g/mol. The maximum absolute atomic E-state index is 14.2. The highest BCUT2D eigenvalue weighted by molar-refractivity contribution is 7.98. The predicted molar refractivity (Wildman–Crippen MR) is 118 cm³/mol. The van der Waals surface area contributed by atoms with Crippen LogP contribution in [0.2, 0.25) is 5.02 Å². The van der Waals surface area contributed by atoms with Crippen LogP contribution in [0.3, 0.4) is 0 Å². The third-order valence-corrected chi connectivity index (χ3v) is 6.06. The van der Waals surface area contributed by atoms with E-state index in [1.54, 1.807) is 22.8 Å². The molecule has 146 valence electrons. The molecule has 1 aromatic heterocycles. The number of para-hydroxylation sites is 1. The number of benzene rings is 3. The summed E-state index contributed by atoms with van der Waals surface area (Å²) in [6.07, 6.45) is 0. The lowest BCUT2D eigenvalue weighted by atomic mass is 10.1. The fourth-order valence-corrected chi connectivity index (χ4v) is 4.63. The summed E-state index contributed by atoms with van der Waals surface area (Å²) in [6.45, 7) is 3.97. The summed E-state index contributed by atoms with van der Waals surface area (Å²) < 4.78 is 15.8. The number of aryl methyl sites for hydroxylation is 2. The van der Waals surface area contributed by atoms with Crippen LogP contribution in [0.25, 0.3) is 16.6 Å². The van der Waals surface area contributed by atoms with Crippen LogP contribution in [0.5, 0.6) is 0 Å². The Kier molecular flexibility index (Phi) is 5.43. The number of nitrogens with zero attached hydrogens (tertiary/aromatic N) is 2. The molecule has 0 N–H and O–H groups in total. The van der Waals surface area contributed by atoms with E-state index in [1.165, 1.54) is 17.8 Å². The van der Waals surface area contributed by atoms with E-state index < -0.39 is 0 Å². The van der Waals surface area contributed by atoms with Gasteiger partial charge in [0, 0.05) is 16.3 Å². The van der Waals surface area contributed by atoms with Gasteiger partial charge in [-0.15, -0.1) is 0 Å². The predicted octanol–water partition coefficient (Wildman–Crippen LogP) is 6.09. The molecule has 0 amide bonds. The zero-order valence-electron chi connectivity index (χ0n) is 15.9. The van der Waals surface area contributed by atoms with Gasteiger partial charge in [-0.3, -0.25) is 9.36 Å². The molecule has 0 saturated heterocycles. The molecule has 29 heavy (non-hydrogen) atoms. The van der Waals surface area contributed by atoms with Gasteiger partial charge in [-0.2, -0.15) is 0 Å². The minimum atomic E-state index is -0.369. The fraction of sp³-hybridized carbons (Fsp3) is 0.130. The molecule has 4 aromatic rings. The Balaban J connectivity index is 1.89. The van der Waals surface area contributed by atoms with Gasteiger partial charge in [-0.05, 0) is 49.7 Å². The first-order valence-corrected chi connectivity index (χ1v) is 10.5. The van der Waals surface area contributed by atoms with Crippen LogP contribution in [0, 0.1) is 19.7 Å². The van der Waals surface area contributed by atoms with Gasteiger partial charge in [-0.25, -0.2) is 9.37 Å². The van der Waals surface area contributed by atoms with E-state index in [-0.39, 0.29) is 17.1 Å². The minimum absolute atomic E-state index is 0.148. The Hall–Kier alpha value is -2.63. The minimum Gasteiger partial charge on any atom is -0.268 e. The van der Waals surface area contributed by atoms with Crippen molar-refractivity contribution in [3.8, 4) is 5.69 Å². The third-order valence-electron chi connectivity index (χ3n) is 4.75. The van der Waals surface area contributed by atoms with E-state index in [9.17, 15) is 9.18 Å². The van der Waals surface area contributed by atoms with Crippen molar-refractivity contribution in [2.45, 2.75) is 24.8 Å². The second kappa shape index (κ2) is 8.01. The van der Waals surface area contributed by atoms with Crippen LogP contribution in [0.1, 0.15) is 16.7 Å². The van der Waals surface area contributed by atoms with Crippen LogP contribution in [-0.4, -0.2) is 9.55 Å². The Morgan fingerprint density at radius 3 is 2.62 bits per heavy atom. The maximum Gasteiger partial charge on any atom is 0.266 e. The first-order chi connectivity index (χ1) is 14.0. The number of aromatic nitrogens is 2. The van der Waals surface area contributed by atoms with Crippen molar-refractivity contribution in [1.82, 2.24) is 9.55 Å². The Morgan fingerprint density at radius 1 is 1.07 bits per heavy atom. The lowest BCUT2D eigenvalue weighted by Crippen LogP contribution is -2.22. The Morgan fingerprint density at radius 2 is 1.86 bits per heavy atom. The second-order valence-corrected chi connectivity index (χ2v) is 8.18. The summed E-state index contributed by atoms with van der Waals surface area (Å²) >= 11 is 7.47. The molecular weight excluding hydrogens is 407 g/mol. The van der Waals surface area contributed by atoms with Crippen molar-refractivity contribution in [3.05, 3.63) is 98.5 Å². The third kappa shape index (κ3) is 3.80. The molecule has 0 unspecified atom stereocenters. The highest BCUT2D eigenvalue weighted by atomic mass is 35.5. The van der Waals surface area contributed by atoms with Gasteiger partial charge in [-0.1, -0.05) is 59.3 Å². The quantitative estimate of drug-likeness (QED) is 0.294. The van der Waals surface area contributed by atoms with E-state index in [4.69, 9.17) is 16.6 Å². The number of thioether (sulfide) groups is 1. The summed E-state index contributed by atoms with van der Waals surface area (Å²) in [6, 6.07) is 17.8. The van der Waals surface area contributed by atoms with E-state index in [2.05, 4.69) is 0 Å². The molecule has 3 nitrogen and oxygen atoms in total. The largest absolute Gasteiger partial charge is 0.268 e. The molecule has 0 radical (unpaired) electrons. The van der Waals surface area contributed by atoms with Gasteiger partial charge in [0.1, 0.15) is 5.82 Å². The molecule has 0 aliphatic heterocycles. The Bertz CT molecular complexity index is 1270. The van der Waals surface area contributed by atoms with Crippen LogP contribution in [0.15, 0.2) is 70.6 Å². The molecule has 4 rings (SSSR count). The SMILES string of the molecule is Cc1ccc(-n2c(SCc3c(F)cccc3Cl)nc3ccccc3c2=O)c(C)c1. The lowest BCUT2D eigenvalue weighted by Gasteiger charge is -2.16. The number of hydrogen-bond acceptors (Lipinski definition) is 3. The lowest BCUT2D eigenvalue weighted by molar-refractivity contribution is 0.617. The maximum atomic E-state index is 14.2. The molecular formula is C23H18ClFN2OS. The van der Waals surface area contributed by atoms with Crippen LogP contribution in [0.4, 0.5) is 4.39 Å². The van der Waals surface area contributed by atoms with E-state index in [0.29, 0.717) is 26.6 Å². The molecule has 3 aromatic carbocycles. The summed E-state index contributed by atoms with van der Waals surface area (Å²) in [5, 5.41) is 1.40. The molecule has 0 spiro atoms.